The Labute approximate surface area is 132 Å². The van der Waals surface area contributed by atoms with E-state index in [9.17, 15) is 9.59 Å². The Hall–Kier alpha value is -3.34. The molecular formula is C18H13NO4. The van der Waals surface area contributed by atoms with E-state index in [1.165, 1.54) is 6.08 Å². The van der Waals surface area contributed by atoms with Gasteiger partial charge in [-0.1, -0.05) is 36.4 Å². The minimum absolute atomic E-state index is 0.153. The molecule has 1 aliphatic rings. The van der Waals surface area contributed by atoms with Crippen LogP contribution in [0, 0.1) is 0 Å². The van der Waals surface area contributed by atoms with Gasteiger partial charge in [0.2, 0.25) is 0 Å². The average molecular weight is 307 g/mol. The Morgan fingerprint density at radius 3 is 2.52 bits per heavy atom. The molecule has 5 nitrogen and oxygen atoms in total. The van der Waals surface area contributed by atoms with Crippen LogP contribution in [-0.4, -0.2) is 17.0 Å². The highest BCUT2D eigenvalue weighted by Gasteiger charge is 2.21. The summed E-state index contributed by atoms with van der Waals surface area (Å²) in [5.41, 5.74) is 1.99. The summed E-state index contributed by atoms with van der Waals surface area (Å²) >= 11 is 0. The molecule has 0 fully saturated rings. The predicted molar refractivity (Wildman–Crippen MR) is 86.8 cm³/mol. The number of carboxylic acid groups (broad SMARTS) is 1. The van der Waals surface area contributed by atoms with Crippen LogP contribution in [0.25, 0.3) is 12.2 Å². The van der Waals surface area contributed by atoms with Gasteiger partial charge in [-0.3, -0.25) is 4.79 Å². The third kappa shape index (κ3) is 3.29. The molecule has 0 saturated carbocycles. The second kappa shape index (κ2) is 6.19. The monoisotopic (exact) mass is 307 g/mol. The maximum Gasteiger partial charge on any atom is 0.328 e. The second-order valence-electron chi connectivity index (χ2n) is 4.86. The van der Waals surface area contributed by atoms with Gasteiger partial charge in [0.05, 0.1) is 5.69 Å². The van der Waals surface area contributed by atoms with Gasteiger partial charge >= 0.3 is 5.97 Å². The number of nitrogens with one attached hydrogen (secondary N) is 1. The summed E-state index contributed by atoms with van der Waals surface area (Å²) in [7, 11) is 0. The van der Waals surface area contributed by atoms with Gasteiger partial charge in [-0.2, -0.15) is 0 Å². The fraction of sp³-hybridized carbons (Fsp3) is 0. The van der Waals surface area contributed by atoms with Gasteiger partial charge in [0.1, 0.15) is 0 Å². The minimum Gasteiger partial charge on any atom is -0.478 e. The van der Waals surface area contributed by atoms with Gasteiger partial charge < -0.3 is 15.2 Å². The van der Waals surface area contributed by atoms with Crippen molar-refractivity contribution in [1.82, 2.24) is 0 Å². The first-order chi connectivity index (χ1) is 11.1. The number of fused-ring (bicyclic) bond motifs is 1. The summed E-state index contributed by atoms with van der Waals surface area (Å²) in [4.78, 5) is 22.8. The number of carboxylic acids is 1. The number of aliphatic carboxylic acids is 1. The minimum atomic E-state index is -1.03. The molecule has 114 valence electrons. The van der Waals surface area contributed by atoms with E-state index in [0.29, 0.717) is 22.6 Å². The van der Waals surface area contributed by atoms with Crippen LogP contribution in [0.1, 0.15) is 11.1 Å². The third-order valence-electron chi connectivity index (χ3n) is 3.27. The second-order valence-corrected chi connectivity index (χ2v) is 4.86. The van der Waals surface area contributed by atoms with Gasteiger partial charge in [-0.05, 0) is 35.4 Å². The number of ether oxygens (including phenoxy) is 1. The first kappa shape index (κ1) is 14.6. The van der Waals surface area contributed by atoms with E-state index in [1.54, 1.807) is 42.5 Å². The Bertz CT molecular complexity index is 836. The number of anilines is 1. The Morgan fingerprint density at radius 2 is 1.74 bits per heavy atom. The van der Waals surface area contributed by atoms with Crippen molar-refractivity contribution in [3.8, 4) is 5.75 Å². The number of carbonyl (C=O) groups is 2. The van der Waals surface area contributed by atoms with Gasteiger partial charge in [0, 0.05) is 6.08 Å². The normalized spacial score (nSPS) is 15.1. The van der Waals surface area contributed by atoms with Crippen molar-refractivity contribution < 1.29 is 19.4 Å². The molecule has 2 N–H and O–H groups in total. The van der Waals surface area contributed by atoms with Crippen molar-refractivity contribution in [2.75, 3.05) is 5.32 Å². The number of benzene rings is 2. The van der Waals surface area contributed by atoms with Crippen molar-refractivity contribution in [2.45, 2.75) is 0 Å². The molecule has 1 heterocycles. The first-order valence-corrected chi connectivity index (χ1v) is 6.93. The van der Waals surface area contributed by atoms with Gasteiger partial charge in [0.15, 0.2) is 11.5 Å². The van der Waals surface area contributed by atoms with E-state index in [0.717, 1.165) is 6.08 Å². The van der Waals surface area contributed by atoms with Crippen LogP contribution >= 0.6 is 0 Å². The van der Waals surface area contributed by atoms with Crippen molar-refractivity contribution >= 4 is 29.7 Å². The van der Waals surface area contributed by atoms with Crippen LogP contribution in [0.15, 0.2) is 60.4 Å². The number of carbonyl (C=O) groups excluding carboxylic acids is 1. The lowest BCUT2D eigenvalue weighted by atomic mass is 10.1. The summed E-state index contributed by atoms with van der Waals surface area (Å²) in [6.07, 6.45) is 4.12. The highest BCUT2D eigenvalue weighted by atomic mass is 16.5. The van der Waals surface area contributed by atoms with Crippen molar-refractivity contribution in [3.05, 3.63) is 71.5 Å². The molecule has 0 saturated heterocycles. The van der Waals surface area contributed by atoms with Crippen molar-refractivity contribution in [3.63, 3.8) is 0 Å². The largest absolute Gasteiger partial charge is 0.478 e. The van der Waals surface area contributed by atoms with E-state index >= 15 is 0 Å². The Balaban J connectivity index is 1.96. The lowest BCUT2D eigenvalue weighted by molar-refractivity contribution is -0.131. The fourth-order valence-electron chi connectivity index (χ4n) is 2.20. The quantitative estimate of drug-likeness (QED) is 0.854. The predicted octanol–water partition coefficient (Wildman–Crippen LogP) is 3.16. The molecule has 5 heteroatoms. The summed E-state index contributed by atoms with van der Waals surface area (Å²) in [6, 6.07) is 14.3. The van der Waals surface area contributed by atoms with Crippen molar-refractivity contribution in [2.24, 2.45) is 0 Å². The van der Waals surface area contributed by atoms with Crippen LogP contribution in [0.3, 0.4) is 0 Å². The molecule has 0 aliphatic carbocycles. The molecule has 0 spiro atoms. The van der Waals surface area contributed by atoms with Crippen LogP contribution in [0.5, 0.6) is 5.75 Å². The zero-order valence-electron chi connectivity index (χ0n) is 12.0. The standard InChI is InChI=1S/C18H13NO4/c20-17(21)10-9-12-5-1-2-6-13(12)11-16-18(22)19-14-7-3-4-8-15(14)23-16/h1-11H,(H,19,22)(H,20,21)/b10-9+,16-11-. The van der Waals surface area contributed by atoms with E-state index < -0.39 is 5.97 Å². The van der Waals surface area contributed by atoms with Gasteiger partial charge in [0.25, 0.3) is 5.91 Å². The number of hydrogen-bond donors (Lipinski definition) is 2. The number of amides is 1. The fourth-order valence-corrected chi connectivity index (χ4v) is 2.20. The van der Waals surface area contributed by atoms with Gasteiger partial charge in [-0.25, -0.2) is 4.79 Å². The molecule has 0 bridgehead atoms. The molecule has 0 aromatic heterocycles. The van der Waals surface area contributed by atoms with Crippen molar-refractivity contribution in [1.29, 1.82) is 0 Å². The number of hydrogen-bond acceptors (Lipinski definition) is 3. The highest BCUT2D eigenvalue weighted by molar-refractivity contribution is 6.08. The van der Waals surface area contributed by atoms with Gasteiger partial charge in [-0.15, -0.1) is 0 Å². The maximum absolute atomic E-state index is 12.1. The van der Waals surface area contributed by atoms with Crippen LogP contribution < -0.4 is 10.1 Å². The number of rotatable bonds is 3. The first-order valence-electron chi connectivity index (χ1n) is 6.93. The molecule has 2 aromatic carbocycles. The molecule has 3 rings (SSSR count). The Kier molecular flexibility index (Phi) is 3.93. The lowest BCUT2D eigenvalue weighted by Crippen LogP contribution is -2.23. The topological polar surface area (TPSA) is 75.6 Å². The SMILES string of the molecule is O=C(O)/C=C/c1ccccc1/C=C1\Oc2ccccc2NC1=O. The van der Waals surface area contributed by atoms with E-state index in [-0.39, 0.29) is 11.7 Å². The summed E-state index contributed by atoms with van der Waals surface area (Å²) < 4.78 is 5.64. The smallest absolute Gasteiger partial charge is 0.328 e. The molecule has 2 aromatic rings. The molecule has 1 aliphatic heterocycles. The van der Waals surface area contributed by atoms with E-state index in [1.807, 2.05) is 12.1 Å². The van der Waals surface area contributed by atoms with E-state index in [2.05, 4.69) is 5.32 Å². The third-order valence-corrected chi connectivity index (χ3v) is 3.27. The molecule has 0 unspecified atom stereocenters. The highest BCUT2D eigenvalue weighted by Crippen LogP contribution is 2.31. The Morgan fingerprint density at radius 1 is 1.04 bits per heavy atom. The summed E-state index contributed by atoms with van der Waals surface area (Å²) in [5, 5.41) is 11.5. The molecule has 1 amide bonds. The number of para-hydroxylation sites is 2. The zero-order valence-corrected chi connectivity index (χ0v) is 12.0. The molecular weight excluding hydrogens is 294 g/mol. The molecule has 0 atom stereocenters. The average Bonchev–Trinajstić information content (AvgIpc) is 2.54. The summed E-state index contributed by atoms with van der Waals surface area (Å²) in [6.45, 7) is 0. The van der Waals surface area contributed by atoms with E-state index in [4.69, 9.17) is 9.84 Å². The summed E-state index contributed by atoms with van der Waals surface area (Å²) in [5.74, 6) is -0.662. The molecule has 0 radical (unpaired) electrons. The molecule has 23 heavy (non-hydrogen) atoms. The maximum atomic E-state index is 12.1. The van der Waals surface area contributed by atoms with Crippen LogP contribution in [0.4, 0.5) is 5.69 Å². The zero-order chi connectivity index (χ0) is 16.2. The van der Waals surface area contributed by atoms with Crippen LogP contribution in [-0.2, 0) is 9.59 Å². The van der Waals surface area contributed by atoms with Crippen LogP contribution in [0.2, 0.25) is 0 Å². The lowest BCUT2D eigenvalue weighted by Gasteiger charge is -2.19.